The number of carbonyl (C=O) groups excluding carboxylic acids is 1. The van der Waals surface area contributed by atoms with Crippen molar-refractivity contribution in [2.45, 2.75) is 38.0 Å². The molecule has 24 heavy (non-hydrogen) atoms. The first-order valence-electron chi connectivity index (χ1n) is 8.11. The van der Waals surface area contributed by atoms with Gasteiger partial charge >= 0.3 is 0 Å². The molecule has 2 aromatic heterocycles. The Morgan fingerprint density at radius 1 is 1.38 bits per heavy atom. The summed E-state index contributed by atoms with van der Waals surface area (Å²) in [5.74, 6) is 0.928. The van der Waals surface area contributed by atoms with Gasteiger partial charge in [-0.3, -0.25) is 9.78 Å². The van der Waals surface area contributed by atoms with Crippen LogP contribution in [0.4, 0.5) is 0 Å². The van der Waals surface area contributed by atoms with E-state index in [1.807, 2.05) is 12.1 Å². The molecular formula is C18H22N2O4. The predicted octanol–water partition coefficient (Wildman–Crippen LogP) is 1.93. The number of furan rings is 1. The average Bonchev–Trinajstić information content (AvgIpc) is 3.01. The number of rotatable bonds is 7. The van der Waals surface area contributed by atoms with E-state index >= 15 is 0 Å². The second-order valence-corrected chi connectivity index (χ2v) is 6.22. The number of aliphatic hydroxyl groups excluding tert-OH is 1. The third kappa shape index (κ3) is 4.01. The highest BCUT2D eigenvalue weighted by Gasteiger charge is 2.35. The van der Waals surface area contributed by atoms with Gasteiger partial charge in [0.15, 0.2) is 5.76 Å². The molecule has 128 valence electrons. The lowest BCUT2D eigenvalue weighted by Gasteiger charge is -2.38. The van der Waals surface area contributed by atoms with Crippen LogP contribution in [0.2, 0.25) is 0 Å². The molecule has 2 N–H and O–H groups in total. The molecule has 0 bridgehead atoms. The number of hydrogen-bond acceptors (Lipinski definition) is 5. The van der Waals surface area contributed by atoms with E-state index in [0.717, 1.165) is 5.56 Å². The first-order valence-corrected chi connectivity index (χ1v) is 8.11. The highest BCUT2D eigenvalue weighted by molar-refractivity contribution is 5.91. The van der Waals surface area contributed by atoms with E-state index in [4.69, 9.17) is 9.15 Å². The van der Waals surface area contributed by atoms with Crippen LogP contribution in [0.1, 0.15) is 34.7 Å². The maximum absolute atomic E-state index is 12.5. The summed E-state index contributed by atoms with van der Waals surface area (Å²) in [5.41, 5.74) is 1.11. The standard InChI is InChI=1S/C18H22N2O4/c1-23-11-15-2-3-17(24-15)18(22)20-16(13-9-14(21)10-13)8-12-4-6-19-7-5-12/h2-7,13-14,16,21H,8-11H2,1H3,(H,20,22). The van der Waals surface area contributed by atoms with Gasteiger partial charge in [0.25, 0.3) is 5.91 Å². The van der Waals surface area contributed by atoms with E-state index in [-0.39, 0.29) is 29.7 Å². The summed E-state index contributed by atoms with van der Waals surface area (Å²) in [6, 6.07) is 7.24. The van der Waals surface area contributed by atoms with Gasteiger partial charge in [0.05, 0.1) is 6.10 Å². The van der Waals surface area contributed by atoms with Gasteiger partial charge in [-0.1, -0.05) is 0 Å². The highest BCUT2D eigenvalue weighted by atomic mass is 16.5. The fourth-order valence-electron chi connectivity index (χ4n) is 3.03. The Balaban J connectivity index is 1.67. The maximum atomic E-state index is 12.5. The molecule has 1 amide bonds. The summed E-state index contributed by atoms with van der Waals surface area (Å²) in [5, 5.41) is 12.6. The van der Waals surface area contributed by atoms with Gasteiger partial charge in [0.1, 0.15) is 12.4 Å². The summed E-state index contributed by atoms with van der Waals surface area (Å²) in [4.78, 5) is 16.5. The van der Waals surface area contributed by atoms with Crippen molar-refractivity contribution < 1.29 is 19.1 Å². The van der Waals surface area contributed by atoms with Gasteiger partial charge in [-0.2, -0.15) is 0 Å². The average molecular weight is 330 g/mol. The SMILES string of the molecule is COCc1ccc(C(=O)NC(Cc2ccncc2)C2CC(O)C2)o1. The number of nitrogens with zero attached hydrogens (tertiary/aromatic N) is 1. The minimum absolute atomic E-state index is 0.0423. The number of amides is 1. The van der Waals surface area contributed by atoms with Crippen molar-refractivity contribution in [3.05, 3.63) is 53.7 Å². The lowest BCUT2D eigenvalue weighted by atomic mass is 9.75. The van der Waals surface area contributed by atoms with Gasteiger partial charge in [0, 0.05) is 25.5 Å². The Kier molecular flexibility index (Phi) is 5.27. The van der Waals surface area contributed by atoms with Gasteiger partial charge in [0.2, 0.25) is 0 Å². The topological polar surface area (TPSA) is 84.6 Å². The molecule has 1 atom stereocenters. The molecule has 0 radical (unpaired) electrons. The number of aliphatic hydroxyl groups is 1. The largest absolute Gasteiger partial charge is 0.453 e. The van der Waals surface area contributed by atoms with Crippen LogP contribution in [-0.4, -0.2) is 35.3 Å². The second kappa shape index (κ2) is 7.59. The third-order valence-electron chi connectivity index (χ3n) is 4.41. The van der Waals surface area contributed by atoms with Crippen LogP contribution in [0.25, 0.3) is 0 Å². The van der Waals surface area contributed by atoms with Crippen molar-refractivity contribution in [1.82, 2.24) is 10.3 Å². The zero-order valence-electron chi connectivity index (χ0n) is 13.6. The van der Waals surface area contributed by atoms with Crippen molar-refractivity contribution in [2.75, 3.05) is 7.11 Å². The van der Waals surface area contributed by atoms with Crippen molar-refractivity contribution in [3.8, 4) is 0 Å². The Bertz CT molecular complexity index is 665. The fourth-order valence-corrected chi connectivity index (χ4v) is 3.03. The molecule has 0 saturated heterocycles. The zero-order chi connectivity index (χ0) is 16.9. The predicted molar refractivity (Wildman–Crippen MR) is 87.3 cm³/mol. The molecule has 6 heteroatoms. The molecule has 2 heterocycles. The molecule has 0 aromatic carbocycles. The van der Waals surface area contributed by atoms with E-state index in [1.54, 1.807) is 31.6 Å². The van der Waals surface area contributed by atoms with Crippen molar-refractivity contribution in [3.63, 3.8) is 0 Å². The summed E-state index contributed by atoms with van der Waals surface area (Å²) in [7, 11) is 1.58. The molecule has 0 spiro atoms. The van der Waals surface area contributed by atoms with E-state index in [1.165, 1.54) is 0 Å². The fraction of sp³-hybridized carbons (Fsp3) is 0.444. The molecule has 3 rings (SSSR count). The van der Waals surface area contributed by atoms with Crippen molar-refractivity contribution >= 4 is 5.91 Å². The van der Waals surface area contributed by atoms with Crippen molar-refractivity contribution in [2.24, 2.45) is 5.92 Å². The summed E-state index contributed by atoms with van der Waals surface area (Å²) in [6.07, 6.45) is 5.35. The molecule has 1 aliphatic carbocycles. The molecule has 1 aliphatic rings. The lowest BCUT2D eigenvalue weighted by Crippen LogP contribution is -2.48. The Morgan fingerprint density at radius 3 is 2.79 bits per heavy atom. The molecule has 1 fully saturated rings. The highest BCUT2D eigenvalue weighted by Crippen LogP contribution is 2.32. The molecule has 0 aliphatic heterocycles. The van der Waals surface area contributed by atoms with Crippen LogP contribution in [-0.2, 0) is 17.8 Å². The number of methoxy groups -OCH3 is 1. The number of hydrogen-bond donors (Lipinski definition) is 2. The van der Waals surface area contributed by atoms with Crippen molar-refractivity contribution in [1.29, 1.82) is 0 Å². The lowest BCUT2D eigenvalue weighted by molar-refractivity contribution is 0.0236. The smallest absolute Gasteiger partial charge is 0.287 e. The van der Waals surface area contributed by atoms with E-state index in [9.17, 15) is 9.90 Å². The number of nitrogens with one attached hydrogen (secondary N) is 1. The minimum atomic E-state index is -0.260. The minimum Gasteiger partial charge on any atom is -0.453 e. The van der Waals surface area contributed by atoms with Gasteiger partial charge < -0.3 is 19.6 Å². The van der Waals surface area contributed by atoms with Gasteiger partial charge in [-0.15, -0.1) is 0 Å². The number of carbonyl (C=O) groups is 1. The van der Waals surface area contributed by atoms with Crippen LogP contribution >= 0.6 is 0 Å². The monoisotopic (exact) mass is 330 g/mol. The number of pyridine rings is 1. The Hall–Kier alpha value is -2.18. The van der Waals surface area contributed by atoms with Crippen LogP contribution in [0, 0.1) is 5.92 Å². The molecule has 2 aromatic rings. The normalized spacial score (nSPS) is 21.1. The molecule has 6 nitrogen and oxygen atoms in total. The molecular weight excluding hydrogens is 308 g/mol. The van der Waals surface area contributed by atoms with Crippen LogP contribution in [0.15, 0.2) is 41.1 Å². The summed E-state index contributed by atoms with van der Waals surface area (Å²) in [6.45, 7) is 0.336. The first kappa shape index (κ1) is 16.7. The Labute approximate surface area is 140 Å². The number of ether oxygens (including phenoxy) is 1. The quantitative estimate of drug-likeness (QED) is 0.810. The van der Waals surface area contributed by atoms with Crippen LogP contribution in [0.5, 0.6) is 0 Å². The zero-order valence-corrected chi connectivity index (χ0v) is 13.6. The summed E-state index contributed by atoms with van der Waals surface area (Å²) < 4.78 is 10.5. The van der Waals surface area contributed by atoms with E-state index in [2.05, 4.69) is 10.3 Å². The third-order valence-corrected chi connectivity index (χ3v) is 4.41. The maximum Gasteiger partial charge on any atom is 0.287 e. The summed E-state index contributed by atoms with van der Waals surface area (Å²) >= 11 is 0. The van der Waals surface area contributed by atoms with Gasteiger partial charge in [-0.05, 0) is 55.0 Å². The van der Waals surface area contributed by atoms with E-state index in [0.29, 0.717) is 31.6 Å². The van der Waals surface area contributed by atoms with Gasteiger partial charge in [-0.25, -0.2) is 0 Å². The number of aromatic nitrogens is 1. The molecule has 1 saturated carbocycles. The van der Waals surface area contributed by atoms with E-state index < -0.39 is 0 Å². The van der Waals surface area contributed by atoms with Crippen LogP contribution < -0.4 is 5.32 Å². The first-order chi connectivity index (χ1) is 11.7. The van der Waals surface area contributed by atoms with Crippen LogP contribution in [0.3, 0.4) is 0 Å². The molecule has 1 unspecified atom stereocenters. The second-order valence-electron chi connectivity index (χ2n) is 6.22. The Morgan fingerprint density at radius 2 is 2.12 bits per heavy atom.